The predicted molar refractivity (Wildman–Crippen MR) is 286 cm³/mol. The number of allylic oxidation sites excluding steroid dienone is 2. The van der Waals surface area contributed by atoms with Gasteiger partial charge in [0.15, 0.2) is 5.70 Å². The van der Waals surface area contributed by atoms with Crippen molar-refractivity contribution in [3.63, 3.8) is 0 Å². The Balaban J connectivity index is 1.22. The molecule has 0 saturated carbocycles. The summed E-state index contributed by atoms with van der Waals surface area (Å²) in [4.78, 5) is 20.3. The third kappa shape index (κ3) is 17.9. The summed E-state index contributed by atoms with van der Waals surface area (Å²) in [6, 6.07) is 34.2. The summed E-state index contributed by atoms with van der Waals surface area (Å²) in [5, 5.41) is 9.25. The van der Waals surface area contributed by atoms with E-state index in [9.17, 15) is 10.1 Å². The first-order chi connectivity index (χ1) is 35.0. The van der Waals surface area contributed by atoms with Gasteiger partial charge in [0, 0.05) is 119 Å². The average molecular weight is 930 g/mol. The molecule has 0 saturated heterocycles. The molecule has 0 aliphatic rings. The Bertz CT molecular complexity index is 4040. The fraction of sp³-hybridized carbons (Fsp3) is 0.0156. The lowest BCUT2D eigenvalue weighted by molar-refractivity contribution is -0.124. The van der Waals surface area contributed by atoms with Crippen molar-refractivity contribution in [1.82, 2.24) is 0 Å². The number of hydrogen-bond acceptors (Lipinski definition) is 6. The highest BCUT2D eigenvalue weighted by atomic mass is 32.1. The molecule has 0 spiro atoms. The normalized spacial score (nSPS) is 8.37. The van der Waals surface area contributed by atoms with Crippen molar-refractivity contribution in [2.75, 3.05) is 4.90 Å². The largest absolute Gasteiger partial charge is 0.417 e. The Morgan fingerprint density at radius 3 is 1.23 bits per heavy atom. The SMILES string of the molecule is [C-]#[N+]/C(C)=C\c1ccc(-c2ccc(N(c3ccc(C#CC#CC#CC#CC#CC#CC#CC#CC#CC#CC#CC#CC#CC#CC#C)cc3)c3ccc(-c4ccc(/C=C(\C#N)OC=O)s4)cc3)cc2)s1. The molecule has 0 fully saturated rings. The highest BCUT2D eigenvalue weighted by Gasteiger charge is 2.14. The Morgan fingerprint density at radius 1 is 0.521 bits per heavy atom. The molecule has 7 heteroatoms. The van der Waals surface area contributed by atoms with Gasteiger partial charge in [-0.25, -0.2) is 4.85 Å². The Kier molecular flexibility index (Phi) is 20.9. The Hall–Kier alpha value is -11.8. The summed E-state index contributed by atoms with van der Waals surface area (Å²) in [5.41, 5.74) is 6.23. The molecule has 0 bridgehead atoms. The lowest BCUT2D eigenvalue weighted by Crippen LogP contribution is -2.09. The second-order valence-electron chi connectivity index (χ2n) is 12.8. The van der Waals surface area contributed by atoms with Gasteiger partial charge in [-0.3, -0.25) is 4.79 Å². The number of hydrogen-bond donors (Lipinski definition) is 0. The van der Waals surface area contributed by atoms with E-state index in [1.165, 1.54) is 17.4 Å². The van der Waals surface area contributed by atoms with E-state index in [0.717, 1.165) is 53.3 Å². The van der Waals surface area contributed by atoms with Gasteiger partial charge in [0.25, 0.3) is 6.47 Å². The lowest BCUT2D eigenvalue weighted by atomic mass is 10.1. The number of carbonyl (C=O) groups is 1. The summed E-state index contributed by atoms with van der Waals surface area (Å²) in [6.07, 6.45) is 8.39. The molecular formula is C64H23N3O2S2. The summed E-state index contributed by atoms with van der Waals surface area (Å²) in [6.45, 7) is 9.30. The van der Waals surface area contributed by atoms with Gasteiger partial charge in [-0.2, -0.15) is 5.26 Å². The fourth-order valence-electron chi connectivity index (χ4n) is 5.29. The Labute approximate surface area is 422 Å². The van der Waals surface area contributed by atoms with Crippen LogP contribution in [0.3, 0.4) is 0 Å². The maximum Gasteiger partial charge on any atom is 0.299 e. The smallest absolute Gasteiger partial charge is 0.299 e. The van der Waals surface area contributed by atoms with Crippen molar-refractivity contribution < 1.29 is 9.53 Å². The molecule has 0 amide bonds. The number of carbonyl (C=O) groups excluding carboxylic acids is 1. The molecule has 0 aliphatic carbocycles. The topological polar surface area (TPSA) is 57.7 Å². The van der Waals surface area contributed by atoms with E-state index in [2.05, 4.69) is 212 Å². The van der Waals surface area contributed by atoms with E-state index < -0.39 is 0 Å². The highest BCUT2D eigenvalue weighted by molar-refractivity contribution is 7.16. The maximum atomic E-state index is 10.7. The number of thiophene rings is 2. The summed E-state index contributed by atoms with van der Waals surface area (Å²) in [5.74, 6) is 73.7. The number of benzene rings is 3. The van der Waals surface area contributed by atoms with E-state index in [-0.39, 0.29) is 12.2 Å². The zero-order valence-electron chi connectivity index (χ0n) is 37.0. The zero-order valence-corrected chi connectivity index (χ0v) is 38.7. The van der Waals surface area contributed by atoms with Crippen LogP contribution in [0.5, 0.6) is 0 Å². The summed E-state index contributed by atoms with van der Waals surface area (Å²) < 4.78 is 4.74. The first-order valence-corrected chi connectivity index (χ1v) is 21.7. The van der Waals surface area contributed by atoms with Crippen LogP contribution in [-0.2, 0) is 9.53 Å². The molecule has 5 nitrogen and oxygen atoms in total. The minimum Gasteiger partial charge on any atom is -0.417 e. The molecule has 5 aromatic rings. The molecular weight excluding hydrogens is 907 g/mol. The van der Waals surface area contributed by atoms with Crippen molar-refractivity contribution in [1.29, 1.82) is 5.26 Å². The average Bonchev–Trinajstić information content (AvgIpc) is 4.08. The first-order valence-electron chi connectivity index (χ1n) is 20.1. The predicted octanol–water partition coefficient (Wildman–Crippen LogP) is 9.96. The van der Waals surface area contributed by atoms with Crippen LogP contribution in [0.2, 0.25) is 0 Å². The van der Waals surface area contributed by atoms with Crippen LogP contribution in [0.1, 0.15) is 22.2 Å². The minimum absolute atomic E-state index is 0.0796. The molecule has 2 aromatic heterocycles. The standard InChI is InChI=1S/C64H23N3O2S2/c1-4-5-6-7-8-9-10-11-12-13-14-15-16-17-18-19-20-21-22-23-24-25-26-27-28-29-30-31-32-54-33-39-57(40-34-54)67(58-41-35-55(36-42-58)63-47-45-61(70-63)49-53(2)66-3)59-43-37-56(38-44-59)64-48-46-62(71-64)50-60(51-65)69-52-68/h1,33-50,52H,2H3/b53-49-,60-50+. The molecule has 71 heavy (non-hydrogen) atoms. The summed E-state index contributed by atoms with van der Waals surface area (Å²) >= 11 is 3.10. The lowest BCUT2D eigenvalue weighted by Gasteiger charge is -2.26. The van der Waals surface area contributed by atoms with Gasteiger partial charge in [-0.05, 0) is 192 Å². The maximum absolute atomic E-state index is 10.7. The minimum atomic E-state index is -0.0796. The van der Waals surface area contributed by atoms with Crippen molar-refractivity contribution in [2.24, 2.45) is 0 Å². The van der Waals surface area contributed by atoms with Crippen molar-refractivity contribution in [3.8, 4) is 205 Å². The van der Waals surface area contributed by atoms with Gasteiger partial charge in [0.05, 0.1) is 6.57 Å². The molecule has 318 valence electrons. The van der Waals surface area contributed by atoms with Gasteiger partial charge in [0.2, 0.25) is 5.76 Å². The molecule has 0 atom stereocenters. The van der Waals surface area contributed by atoms with E-state index in [1.807, 2.05) is 78.9 Å². The highest BCUT2D eigenvalue weighted by Crippen LogP contribution is 2.38. The second kappa shape index (κ2) is 29.6. The molecule has 5 rings (SSSR count). The van der Waals surface area contributed by atoms with Crippen molar-refractivity contribution >= 4 is 58.4 Å². The van der Waals surface area contributed by atoms with Crippen LogP contribution in [0.15, 0.2) is 109 Å². The van der Waals surface area contributed by atoms with Crippen LogP contribution in [0.25, 0.3) is 37.9 Å². The van der Waals surface area contributed by atoms with Crippen molar-refractivity contribution in [2.45, 2.75) is 6.92 Å². The van der Waals surface area contributed by atoms with Crippen LogP contribution in [0, 0.1) is 196 Å². The number of nitriles is 1. The molecule has 0 unspecified atom stereocenters. The van der Waals surface area contributed by atoms with Gasteiger partial charge < -0.3 is 9.64 Å². The van der Waals surface area contributed by atoms with E-state index in [1.54, 1.807) is 18.3 Å². The van der Waals surface area contributed by atoms with Gasteiger partial charge >= 0.3 is 0 Å². The van der Waals surface area contributed by atoms with E-state index in [0.29, 0.717) is 5.70 Å². The number of anilines is 3. The van der Waals surface area contributed by atoms with E-state index in [4.69, 9.17) is 17.7 Å². The van der Waals surface area contributed by atoms with Crippen LogP contribution in [-0.4, -0.2) is 6.47 Å². The van der Waals surface area contributed by atoms with Crippen LogP contribution >= 0.6 is 22.7 Å². The van der Waals surface area contributed by atoms with Crippen LogP contribution in [0.4, 0.5) is 17.1 Å². The summed E-state index contributed by atoms with van der Waals surface area (Å²) in [7, 11) is 0. The van der Waals surface area contributed by atoms with Crippen LogP contribution < -0.4 is 4.90 Å². The third-order valence-corrected chi connectivity index (χ3v) is 10.4. The molecule has 0 radical (unpaired) electrons. The molecule has 0 N–H and O–H groups in total. The molecule has 0 aliphatic heterocycles. The fourth-order valence-corrected chi connectivity index (χ4v) is 7.25. The quantitative estimate of drug-likeness (QED) is 0.0486. The second-order valence-corrected chi connectivity index (χ2v) is 15.0. The number of terminal acetylenes is 1. The van der Waals surface area contributed by atoms with E-state index >= 15 is 0 Å². The number of nitrogens with zero attached hydrogens (tertiary/aromatic N) is 3. The Morgan fingerprint density at radius 2 is 0.873 bits per heavy atom. The zero-order chi connectivity index (χ0) is 50.0. The molecule has 3 aromatic carbocycles. The van der Waals surface area contributed by atoms with Gasteiger partial charge in [-0.15, -0.1) is 29.1 Å². The number of ether oxygens (including phenoxy) is 1. The number of rotatable bonds is 9. The molecule has 2 heterocycles. The van der Waals surface area contributed by atoms with Gasteiger partial charge in [0.1, 0.15) is 6.07 Å². The van der Waals surface area contributed by atoms with Crippen molar-refractivity contribution in [3.05, 3.63) is 135 Å². The monoisotopic (exact) mass is 929 g/mol. The third-order valence-electron chi connectivity index (χ3n) is 8.19. The van der Waals surface area contributed by atoms with Gasteiger partial charge in [-0.1, -0.05) is 30.2 Å². The first kappa shape index (κ1) is 50.2.